The molecule has 0 aromatic carbocycles. The average Bonchev–Trinajstić information content (AvgIpc) is 2.75. The van der Waals surface area contributed by atoms with Crippen molar-refractivity contribution in [1.29, 1.82) is 0 Å². The number of rotatable bonds is 2. The van der Waals surface area contributed by atoms with Gasteiger partial charge in [0.1, 0.15) is 16.4 Å². The Morgan fingerprint density at radius 1 is 1.44 bits per heavy atom. The number of amides is 1. The second-order valence-electron chi connectivity index (χ2n) is 2.90. The first-order chi connectivity index (χ1) is 7.56. The van der Waals surface area contributed by atoms with Crippen LogP contribution in [0.4, 0.5) is 5.88 Å². The molecule has 1 fully saturated rings. The van der Waals surface area contributed by atoms with Crippen molar-refractivity contribution >= 4 is 35.2 Å². The van der Waals surface area contributed by atoms with E-state index < -0.39 is 10.8 Å². The molecule has 1 aliphatic rings. The summed E-state index contributed by atoms with van der Waals surface area (Å²) in [6.45, 7) is 0. The topological polar surface area (TPSA) is 97.4 Å². The number of hydrogen-bond donors (Lipinski definition) is 2. The molecule has 1 saturated heterocycles. The molecule has 0 atom stereocenters. The van der Waals surface area contributed by atoms with E-state index in [0.29, 0.717) is 0 Å². The van der Waals surface area contributed by atoms with Gasteiger partial charge in [-0.15, -0.1) is 0 Å². The lowest BCUT2D eigenvalue weighted by atomic mass is 10.3. The smallest absolute Gasteiger partial charge is 0.401 e. The molecular weight excluding hydrogens is 234 g/mol. The molecule has 16 heavy (non-hydrogen) atoms. The average molecular weight is 239 g/mol. The molecule has 8 heteroatoms. The highest BCUT2D eigenvalue weighted by Gasteiger charge is 2.21. The van der Waals surface area contributed by atoms with Crippen LogP contribution in [0.5, 0.6) is 0 Å². The highest BCUT2D eigenvalue weighted by molar-refractivity contribution is 7.80. The van der Waals surface area contributed by atoms with E-state index in [2.05, 4.69) is 10.6 Å². The van der Waals surface area contributed by atoms with Crippen LogP contribution in [-0.4, -0.2) is 15.9 Å². The molecule has 1 aromatic rings. The summed E-state index contributed by atoms with van der Waals surface area (Å²) < 4.78 is 4.85. The molecule has 1 aromatic heterocycles. The van der Waals surface area contributed by atoms with Crippen LogP contribution < -0.4 is 10.6 Å². The zero-order valence-electron chi connectivity index (χ0n) is 7.72. The first kappa shape index (κ1) is 10.3. The third-order valence-electron chi connectivity index (χ3n) is 1.80. The van der Waals surface area contributed by atoms with Crippen LogP contribution in [0, 0.1) is 10.1 Å². The van der Waals surface area contributed by atoms with Crippen LogP contribution in [0.2, 0.25) is 0 Å². The molecule has 0 spiro atoms. The SMILES string of the molecule is O=C1NC(=S)NC1=Cc1ccc([N+](=O)[O-])o1. The Bertz CT molecular complexity index is 519. The van der Waals surface area contributed by atoms with Crippen molar-refractivity contribution in [3.63, 3.8) is 0 Å². The van der Waals surface area contributed by atoms with E-state index in [1.54, 1.807) is 0 Å². The number of furan rings is 1. The van der Waals surface area contributed by atoms with E-state index in [1.807, 2.05) is 0 Å². The number of nitrogens with one attached hydrogen (secondary N) is 2. The lowest BCUT2D eigenvalue weighted by Crippen LogP contribution is -2.21. The standard InChI is InChI=1S/C8H5N3O4S/c12-7-5(9-8(16)10-7)3-4-1-2-6(15-4)11(13)14/h1-3H,(H2,9,10,12,16). The summed E-state index contributed by atoms with van der Waals surface area (Å²) in [7, 11) is 0. The summed E-state index contributed by atoms with van der Waals surface area (Å²) in [5, 5.41) is 15.5. The number of nitrogens with zero attached hydrogens (tertiary/aromatic N) is 1. The highest BCUT2D eigenvalue weighted by Crippen LogP contribution is 2.18. The second kappa shape index (κ2) is 3.74. The second-order valence-corrected chi connectivity index (χ2v) is 3.31. The normalized spacial score (nSPS) is 17.4. The van der Waals surface area contributed by atoms with Crippen LogP contribution in [0.25, 0.3) is 6.08 Å². The van der Waals surface area contributed by atoms with Gasteiger partial charge in [-0.1, -0.05) is 0 Å². The van der Waals surface area contributed by atoms with Crippen LogP contribution >= 0.6 is 12.2 Å². The van der Waals surface area contributed by atoms with E-state index in [0.717, 1.165) is 0 Å². The van der Waals surface area contributed by atoms with Crippen LogP contribution in [-0.2, 0) is 4.79 Å². The van der Waals surface area contributed by atoms with Crippen molar-refractivity contribution in [3.05, 3.63) is 33.7 Å². The van der Waals surface area contributed by atoms with E-state index >= 15 is 0 Å². The van der Waals surface area contributed by atoms with Gasteiger partial charge in [0.05, 0.1) is 6.07 Å². The molecule has 0 bridgehead atoms. The predicted molar refractivity (Wildman–Crippen MR) is 57.2 cm³/mol. The van der Waals surface area contributed by atoms with Gasteiger partial charge in [0.15, 0.2) is 5.11 Å². The quantitative estimate of drug-likeness (QED) is 0.338. The van der Waals surface area contributed by atoms with E-state index in [1.165, 1.54) is 18.2 Å². The van der Waals surface area contributed by atoms with Crippen molar-refractivity contribution < 1.29 is 14.1 Å². The Morgan fingerprint density at radius 3 is 2.69 bits per heavy atom. The fourth-order valence-corrected chi connectivity index (χ4v) is 1.35. The monoisotopic (exact) mass is 239 g/mol. The molecule has 7 nitrogen and oxygen atoms in total. The Morgan fingerprint density at radius 2 is 2.19 bits per heavy atom. The number of thiocarbonyl (C=S) groups is 1. The minimum atomic E-state index is -0.658. The fourth-order valence-electron chi connectivity index (χ4n) is 1.14. The van der Waals surface area contributed by atoms with E-state index in [4.69, 9.17) is 16.6 Å². The summed E-state index contributed by atoms with van der Waals surface area (Å²) in [6.07, 6.45) is 1.33. The van der Waals surface area contributed by atoms with E-state index in [-0.39, 0.29) is 22.5 Å². The largest absolute Gasteiger partial charge is 0.433 e. The molecule has 0 aliphatic carbocycles. The van der Waals surface area contributed by atoms with Gasteiger partial charge in [0.25, 0.3) is 5.91 Å². The highest BCUT2D eigenvalue weighted by atomic mass is 32.1. The van der Waals surface area contributed by atoms with Gasteiger partial charge >= 0.3 is 5.88 Å². The minimum absolute atomic E-state index is 0.189. The molecule has 2 rings (SSSR count). The van der Waals surface area contributed by atoms with Crippen molar-refractivity contribution in [2.75, 3.05) is 0 Å². The van der Waals surface area contributed by atoms with Gasteiger partial charge < -0.3 is 9.73 Å². The van der Waals surface area contributed by atoms with Crippen LogP contribution in [0.3, 0.4) is 0 Å². The van der Waals surface area contributed by atoms with Gasteiger partial charge in [-0.25, -0.2) is 0 Å². The van der Waals surface area contributed by atoms with E-state index in [9.17, 15) is 14.9 Å². The summed E-state index contributed by atoms with van der Waals surface area (Å²) in [5.74, 6) is -0.578. The van der Waals surface area contributed by atoms with Crippen molar-refractivity contribution in [1.82, 2.24) is 10.6 Å². The zero-order chi connectivity index (χ0) is 11.7. The minimum Gasteiger partial charge on any atom is -0.401 e. The molecule has 2 heterocycles. The third-order valence-corrected chi connectivity index (χ3v) is 2.00. The molecule has 82 valence electrons. The third kappa shape index (κ3) is 1.91. The lowest BCUT2D eigenvalue weighted by molar-refractivity contribution is -0.402. The molecule has 0 unspecified atom stereocenters. The summed E-state index contributed by atoms with van der Waals surface area (Å²) in [5.41, 5.74) is 0.189. The van der Waals surface area contributed by atoms with Crippen LogP contribution in [0.15, 0.2) is 22.2 Å². The van der Waals surface area contributed by atoms with Gasteiger partial charge in [0, 0.05) is 6.08 Å². The van der Waals surface area contributed by atoms with Crippen molar-refractivity contribution in [3.8, 4) is 0 Å². The van der Waals surface area contributed by atoms with Crippen molar-refractivity contribution in [2.45, 2.75) is 0 Å². The zero-order valence-corrected chi connectivity index (χ0v) is 8.54. The molecule has 0 saturated carbocycles. The van der Waals surface area contributed by atoms with Gasteiger partial charge in [-0.05, 0) is 18.3 Å². The predicted octanol–water partition coefficient (Wildman–Crippen LogP) is 0.533. The summed E-state index contributed by atoms with van der Waals surface area (Å²) >= 11 is 4.71. The summed E-state index contributed by atoms with van der Waals surface area (Å²) in [6, 6.07) is 2.60. The van der Waals surface area contributed by atoms with Gasteiger partial charge in [0.2, 0.25) is 0 Å². The Hall–Kier alpha value is -2.22. The molecule has 2 N–H and O–H groups in total. The maximum atomic E-state index is 11.2. The van der Waals surface area contributed by atoms with Crippen LogP contribution in [0.1, 0.15) is 5.76 Å². The molecular formula is C8H5N3O4S. The van der Waals surface area contributed by atoms with Crippen molar-refractivity contribution in [2.24, 2.45) is 0 Å². The lowest BCUT2D eigenvalue weighted by Gasteiger charge is -1.91. The van der Waals surface area contributed by atoms with Gasteiger partial charge in [-0.2, -0.15) is 0 Å². The molecule has 0 radical (unpaired) electrons. The summed E-state index contributed by atoms with van der Waals surface area (Å²) in [4.78, 5) is 20.9. The van der Waals surface area contributed by atoms with Gasteiger partial charge in [-0.3, -0.25) is 20.2 Å². The number of carbonyl (C=O) groups is 1. The Balaban J connectivity index is 2.26. The Labute approximate surface area is 94.3 Å². The number of carbonyl (C=O) groups excluding carboxylic acids is 1. The first-order valence-corrected chi connectivity index (χ1v) is 4.55. The number of nitro groups is 1. The maximum absolute atomic E-state index is 11.2. The molecule has 1 aliphatic heterocycles. The number of hydrogen-bond acceptors (Lipinski definition) is 5. The first-order valence-electron chi connectivity index (χ1n) is 4.14. The fraction of sp³-hybridized carbons (Fsp3) is 0. The Kier molecular flexibility index (Phi) is 2.41. The maximum Gasteiger partial charge on any atom is 0.433 e. The molecule has 1 amide bonds.